The van der Waals surface area contributed by atoms with Crippen molar-refractivity contribution in [2.75, 3.05) is 11.9 Å². The number of carbonyl (C=O) groups excluding carboxylic acids is 2. The second kappa shape index (κ2) is 10.8. The van der Waals surface area contributed by atoms with Crippen LogP contribution in [0.1, 0.15) is 63.6 Å². The predicted molar refractivity (Wildman–Crippen MR) is 125 cm³/mol. The minimum atomic E-state index is -3.49. The number of aromatic nitrogens is 2. The third kappa shape index (κ3) is 6.34. The minimum absolute atomic E-state index is 0.0729. The fraction of sp³-hybridized carbons (Fsp3) is 0.522. The van der Waals surface area contributed by atoms with Gasteiger partial charge < -0.3 is 15.4 Å². The third-order valence-electron chi connectivity index (χ3n) is 5.73. The van der Waals surface area contributed by atoms with Gasteiger partial charge in [0.05, 0.1) is 16.6 Å². The highest BCUT2D eigenvalue weighted by Gasteiger charge is 2.30. The minimum Gasteiger partial charge on any atom is -0.446 e. The van der Waals surface area contributed by atoms with Crippen LogP contribution in [0.4, 0.5) is 10.6 Å². The van der Waals surface area contributed by atoms with E-state index in [1.165, 1.54) is 6.07 Å². The van der Waals surface area contributed by atoms with Gasteiger partial charge in [0.15, 0.2) is 15.7 Å². The van der Waals surface area contributed by atoms with E-state index in [0.717, 1.165) is 25.0 Å². The molecule has 2 atom stereocenters. The molecule has 180 valence electrons. The third-order valence-corrected chi connectivity index (χ3v) is 7.99. The van der Waals surface area contributed by atoms with Gasteiger partial charge in [-0.3, -0.25) is 9.89 Å². The zero-order chi connectivity index (χ0) is 24.0. The van der Waals surface area contributed by atoms with Crippen LogP contribution in [0.25, 0.3) is 0 Å². The summed E-state index contributed by atoms with van der Waals surface area (Å²) in [6.07, 6.45) is 2.55. The molecule has 0 aliphatic heterocycles. The number of nitrogens with zero attached hydrogens (tertiary/aromatic N) is 1. The van der Waals surface area contributed by atoms with Crippen LogP contribution in [-0.2, 0) is 25.8 Å². The summed E-state index contributed by atoms with van der Waals surface area (Å²) in [5.41, 5.74) is 1.32. The van der Waals surface area contributed by atoms with Crippen molar-refractivity contribution in [3.8, 4) is 0 Å². The van der Waals surface area contributed by atoms with Crippen LogP contribution in [0, 0.1) is 0 Å². The molecule has 2 amide bonds. The Morgan fingerprint density at radius 3 is 2.73 bits per heavy atom. The van der Waals surface area contributed by atoms with E-state index < -0.39 is 15.1 Å². The summed E-state index contributed by atoms with van der Waals surface area (Å²) < 4.78 is 30.7. The highest BCUT2D eigenvalue weighted by atomic mass is 32.2. The van der Waals surface area contributed by atoms with Gasteiger partial charge in [-0.05, 0) is 51.2 Å². The number of hydrogen-bond donors (Lipinski definition) is 3. The first-order valence-electron chi connectivity index (χ1n) is 11.3. The van der Waals surface area contributed by atoms with Gasteiger partial charge in [-0.2, -0.15) is 5.10 Å². The summed E-state index contributed by atoms with van der Waals surface area (Å²) in [7, 11) is -3.49. The Kier molecular flexibility index (Phi) is 8.12. The molecule has 2 aromatic rings. The van der Waals surface area contributed by atoms with E-state index in [2.05, 4.69) is 20.8 Å². The smallest absolute Gasteiger partial charge is 0.407 e. The predicted octanol–water partition coefficient (Wildman–Crippen LogP) is 3.55. The maximum absolute atomic E-state index is 12.6. The number of amides is 2. The van der Waals surface area contributed by atoms with Crippen molar-refractivity contribution in [3.05, 3.63) is 41.6 Å². The van der Waals surface area contributed by atoms with E-state index in [-0.39, 0.29) is 35.3 Å². The van der Waals surface area contributed by atoms with Gasteiger partial charge in [-0.25, -0.2) is 13.2 Å². The van der Waals surface area contributed by atoms with Gasteiger partial charge in [0.2, 0.25) is 5.91 Å². The number of aromatic amines is 1. The van der Waals surface area contributed by atoms with E-state index in [4.69, 9.17) is 4.74 Å². The maximum atomic E-state index is 12.6. The molecular formula is C23H32N4O5S. The molecular weight excluding hydrogens is 444 g/mol. The SMILES string of the molecule is CCCNC(=O)OC1CCC(c2cc(NC(=O)Cc3ccccc3S(=O)(=O)C(C)C)n[nH]2)C1. The molecule has 1 aliphatic carbocycles. The molecule has 0 radical (unpaired) electrons. The van der Waals surface area contributed by atoms with E-state index in [0.29, 0.717) is 24.3 Å². The number of nitrogens with one attached hydrogen (secondary N) is 3. The number of H-pyrrole nitrogens is 1. The molecule has 1 fully saturated rings. The number of anilines is 1. The summed E-state index contributed by atoms with van der Waals surface area (Å²) in [6.45, 7) is 5.81. The van der Waals surface area contributed by atoms with Crippen molar-refractivity contribution in [1.29, 1.82) is 0 Å². The van der Waals surface area contributed by atoms with Crippen LogP contribution in [0.5, 0.6) is 0 Å². The van der Waals surface area contributed by atoms with E-state index in [1.54, 1.807) is 38.1 Å². The lowest BCUT2D eigenvalue weighted by Crippen LogP contribution is -2.28. The van der Waals surface area contributed by atoms with Crippen LogP contribution >= 0.6 is 0 Å². The van der Waals surface area contributed by atoms with Gasteiger partial charge in [0.1, 0.15) is 6.10 Å². The second-order valence-electron chi connectivity index (χ2n) is 8.60. The first-order valence-corrected chi connectivity index (χ1v) is 12.9. The van der Waals surface area contributed by atoms with Crippen molar-refractivity contribution >= 4 is 27.7 Å². The highest BCUT2D eigenvalue weighted by molar-refractivity contribution is 7.92. The molecule has 9 nitrogen and oxygen atoms in total. The summed E-state index contributed by atoms with van der Waals surface area (Å²) in [6, 6.07) is 8.34. The average molecular weight is 477 g/mol. The van der Waals surface area contributed by atoms with Crippen LogP contribution in [0.15, 0.2) is 35.2 Å². The lowest BCUT2D eigenvalue weighted by Gasteiger charge is -2.13. The maximum Gasteiger partial charge on any atom is 0.407 e. The fourth-order valence-electron chi connectivity index (χ4n) is 3.90. The quantitative estimate of drug-likeness (QED) is 0.507. The number of alkyl carbamates (subject to hydrolysis) is 1. The molecule has 10 heteroatoms. The summed E-state index contributed by atoms with van der Waals surface area (Å²) in [5.74, 6) is 0.188. The Hall–Kier alpha value is -2.88. The summed E-state index contributed by atoms with van der Waals surface area (Å²) >= 11 is 0. The Morgan fingerprint density at radius 1 is 1.24 bits per heavy atom. The number of rotatable bonds is 9. The highest BCUT2D eigenvalue weighted by Crippen LogP contribution is 2.35. The fourth-order valence-corrected chi connectivity index (χ4v) is 5.18. The standard InChI is InChI=1S/C23H32N4O5S/c1-4-11-24-23(29)32-18-10-9-16(12-18)19-14-21(27-26-19)25-22(28)13-17-7-5-6-8-20(17)33(30,31)15(2)3/h5-8,14-16,18H,4,9-13H2,1-3H3,(H,24,29)(H2,25,26,27,28). The second-order valence-corrected chi connectivity index (χ2v) is 11.1. The van der Waals surface area contributed by atoms with E-state index in [1.807, 2.05) is 6.92 Å². The summed E-state index contributed by atoms with van der Waals surface area (Å²) in [5, 5.41) is 12.0. The number of sulfone groups is 1. The van der Waals surface area contributed by atoms with E-state index >= 15 is 0 Å². The molecule has 1 saturated carbocycles. The molecule has 3 N–H and O–H groups in total. The van der Waals surface area contributed by atoms with Crippen molar-refractivity contribution < 1.29 is 22.7 Å². The van der Waals surface area contributed by atoms with Gasteiger partial charge in [-0.1, -0.05) is 25.1 Å². The molecule has 33 heavy (non-hydrogen) atoms. The van der Waals surface area contributed by atoms with Crippen molar-refractivity contribution in [2.45, 2.75) is 75.0 Å². The lowest BCUT2D eigenvalue weighted by molar-refractivity contribution is -0.115. The Bertz CT molecular complexity index is 1080. The molecule has 0 spiro atoms. The molecule has 1 aliphatic rings. The normalized spacial score (nSPS) is 18.3. The van der Waals surface area contributed by atoms with Gasteiger partial charge in [0.25, 0.3) is 0 Å². The number of hydrogen-bond acceptors (Lipinski definition) is 6. The Balaban J connectivity index is 1.58. The molecule has 1 aromatic heterocycles. The molecule has 0 saturated heterocycles. The van der Waals surface area contributed by atoms with Crippen molar-refractivity contribution in [1.82, 2.24) is 15.5 Å². The number of ether oxygens (including phenoxy) is 1. The first-order chi connectivity index (χ1) is 15.7. The Labute approximate surface area is 194 Å². The van der Waals surface area contributed by atoms with Crippen LogP contribution in [0.3, 0.4) is 0 Å². The topological polar surface area (TPSA) is 130 Å². The average Bonchev–Trinajstić information content (AvgIpc) is 3.41. The Morgan fingerprint density at radius 2 is 2.00 bits per heavy atom. The van der Waals surface area contributed by atoms with Gasteiger partial charge in [-0.15, -0.1) is 0 Å². The molecule has 3 rings (SSSR count). The van der Waals surface area contributed by atoms with Gasteiger partial charge in [0, 0.05) is 24.2 Å². The van der Waals surface area contributed by atoms with Gasteiger partial charge >= 0.3 is 6.09 Å². The van der Waals surface area contributed by atoms with E-state index in [9.17, 15) is 18.0 Å². The lowest BCUT2D eigenvalue weighted by atomic mass is 10.0. The number of benzene rings is 1. The monoisotopic (exact) mass is 476 g/mol. The molecule has 0 bridgehead atoms. The van der Waals surface area contributed by atoms with Crippen LogP contribution in [0.2, 0.25) is 0 Å². The molecule has 2 unspecified atom stereocenters. The number of carbonyl (C=O) groups is 2. The summed E-state index contributed by atoms with van der Waals surface area (Å²) in [4.78, 5) is 24.5. The van der Waals surface area contributed by atoms with Crippen molar-refractivity contribution in [2.24, 2.45) is 0 Å². The van der Waals surface area contributed by atoms with Crippen LogP contribution in [-0.4, -0.2) is 48.5 Å². The molecule has 1 heterocycles. The van der Waals surface area contributed by atoms with Crippen LogP contribution < -0.4 is 10.6 Å². The first kappa shape index (κ1) is 24.8. The zero-order valence-electron chi connectivity index (χ0n) is 19.3. The van der Waals surface area contributed by atoms with Crippen molar-refractivity contribution in [3.63, 3.8) is 0 Å². The largest absolute Gasteiger partial charge is 0.446 e. The zero-order valence-corrected chi connectivity index (χ0v) is 20.1. The molecule has 1 aromatic carbocycles.